The van der Waals surface area contributed by atoms with Crippen LogP contribution in [-0.2, 0) is 9.47 Å². The number of unbranched alkanes of at least 4 members (excludes halogenated alkanes) is 7. The minimum atomic E-state index is -0.735. The molecule has 0 radical (unpaired) electrons. The number of aryl methyl sites for hydroxylation is 1. The Labute approximate surface area is 271 Å². The summed E-state index contributed by atoms with van der Waals surface area (Å²) in [4.78, 5) is 26.6. The molecule has 0 saturated carbocycles. The second kappa shape index (κ2) is 17.4. The van der Waals surface area contributed by atoms with Gasteiger partial charge in [-0.15, -0.1) is 12.3 Å². The summed E-state index contributed by atoms with van der Waals surface area (Å²) in [5.74, 6) is 14.3. The maximum atomic E-state index is 13.4. The van der Waals surface area contributed by atoms with E-state index in [0.29, 0.717) is 29.0 Å². The first kappa shape index (κ1) is 37.0. The van der Waals surface area contributed by atoms with Crippen molar-refractivity contribution in [3.05, 3.63) is 63.2 Å². The topological polar surface area (TPSA) is 61.8 Å². The summed E-state index contributed by atoms with van der Waals surface area (Å²) in [7, 11) is 0. The van der Waals surface area contributed by atoms with Crippen molar-refractivity contribution in [2.75, 3.05) is 6.61 Å². The van der Waals surface area contributed by atoms with Gasteiger partial charge in [0.05, 0.1) is 23.3 Å². The van der Waals surface area contributed by atoms with E-state index in [2.05, 4.69) is 36.5 Å². The zero-order chi connectivity index (χ0) is 33.6. The van der Waals surface area contributed by atoms with Crippen molar-refractivity contribution >= 4 is 11.9 Å². The minimum Gasteiger partial charge on any atom is -0.492 e. The zero-order valence-electron chi connectivity index (χ0n) is 28.8. The third kappa shape index (κ3) is 12.8. The highest BCUT2D eigenvalue weighted by molar-refractivity contribution is 5.98. The molecule has 2 aromatic carbocycles. The highest BCUT2D eigenvalue weighted by atomic mass is 16.6. The molecule has 0 bridgehead atoms. The SMILES string of the molecule is C#Cc1cc(OCCCCCCCCCC)c(C#Cc2cc(C(=O)OC(C)(C)C)c(C#CC)cc2C(=O)OC(C)(C)C)cc1C. The molecular formula is C40H50O5. The number of rotatable bonds is 12. The average Bonchev–Trinajstić information content (AvgIpc) is 2.94. The molecule has 0 fully saturated rings. The minimum absolute atomic E-state index is 0.209. The van der Waals surface area contributed by atoms with Crippen molar-refractivity contribution in [2.45, 2.75) is 125 Å². The number of carbonyl (C=O) groups excluding carboxylic acids is 2. The van der Waals surface area contributed by atoms with Gasteiger partial charge >= 0.3 is 11.9 Å². The highest BCUT2D eigenvalue weighted by Crippen LogP contribution is 2.26. The van der Waals surface area contributed by atoms with Crippen molar-refractivity contribution in [1.29, 1.82) is 0 Å². The van der Waals surface area contributed by atoms with E-state index in [4.69, 9.17) is 20.6 Å². The molecule has 0 atom stereocenters. The van der Waals surface area contributed by atoms with Gasteiger partial charge in [-0.25, -0.2) is 9.59 Å². The Morgan fingerprint density at radius 3 is 1.67 bits per heavy atom. The van der Waals surface area contributed by atoms with Crippen LogP contribution in [0.25, 0.3) is 0 Å². The van der Waals surface area contributed by atoms with Crippen LogP contribution in [0.4, 0.5) is 0 Å². The second-order valence-corrected chi connectivity index (χ2v) is 13.2. The van der Waals surface area contributed by atoms with Crippen LogP contribution in [-0.4, -0.2) is 29.7 Å². The molecule has 5 heteroatoms. The molecule has 0 aromatic heterocycles. The number of hydrogen-bond donors (Lipinski definition) is 0. The van der Waals surface area contributed by atoms with Crippen molar-refractivity contribution in [1.82, 2.24) is 0 Å². The van der Waals surface area contributed by atoms with Crippen LogP contribution in [0.3, 0.4) is 0 Å². The van der Waals surface area contributed by atoms with Crippen LogP contribution >= 0.6 is 0 Å². The molecule has 45 heavy (non-hydrogen) atoms. The Bertz CT molecular complexity index is 1500. The van der Waals surface area contributed by atoms with E-state index in [0.717, 1.165) is 24.0 Å². The van der Waals surface area contributed by atoms with Gasteiger partial charge in [-0.1, -0.05) is 75.6 Å². The summed E-state index contributed by atoms with van der Waals surface area (Å²) in [5, 5.41) is 0. The van der Waals surface area contributed by atoms with Gasteiger partial charge in [0.1, 0.15) is 17.0 Å². The van der Waals surface area contributed by atoms with Gasteiger partial charge in [0, 0.05) is 16.7 Å². The fraction of sp³-hybridized carbons (Fsp3) is 0.500. The molecule has 2 aromatic rings. The molecule has 0 amide bonds. The third-order valence-corrected chi connectivity index (χ3v) is 6.72. The second-order valence-electron chi connectivity index (χ2n) is 13.2. The molecule has 0 saturated heterocycles. The lowest BCUT2D eigenvalue weighted by Crippen LogP contribution is -2.26. The molecule has 0 aliphatic heterocycles. The van der Waals surface area contributed by atoms with Crippen LogP contribution in [0.1, 0.15) is 155 Å². The fourth-order valence-corrected chi connectivity index (χ4v) is 4.56. The number of hydrogen-bond acceptors (Lipinski definition) is 5. The lowest BCUT2D eigenvalue weighted by Gasteiger charge is -2.22. The van der Waals surface area contributed by atoms with E-state index in [1.807, 2.05) is 19.1 Å². The molecule has 5 nitrogen and oxygen atoms in total. The van der Waals surface area contributed by atoms with Crippen molar-refractivity contribution in [2.24, 2.45) is 0 Å². The number of ether oxygens (including phenoxy) is 3. The first-order valence-electron chi connectivity index (χ1n) is 16.0. The van der Waals surface area contributed by atoms with Gasteiger partial charge < -0.3 is 14.2 Å². The zero-order valence-corrected chi connectivity index (χ0v) is 28.8. The predicted molar refractivity (Wildman–Crippen MR) is 183 cm³/mol. The highest BCUT2D eigenvalue weighted by Gasteiger charge is 2.25. The molecular weight excluding hydrogens is 560 g/mol. The first-order chi connectivity index (χ1) is 21.2. The van der Waals surface area contributed by atoms with Crippen LogP contribution in [0.2, 0.25) is 0 Å². The fourth-order valence-electron chi connectivity index (χ4n) is 4.56. The lowest BCUT2D eigenvalue weighted by molar-refractivity contribution is 0.00512. The van der Waals surface area contributed by atoms with Crippen molar-refractivity contribution < 1.29 is 23.8 Å². The van der Waals surface area contributed by atoms with E-state index < -0.39 is 23.1 Å². The summed E-state index contributed by atoms with van der Waals surface area (Å²) >= 11 is 0. The Morgan fingerprint density at radius 1 is 0.689 bits per heavy atom. The van der Waals surface area contributed by atoms with E-state index in [-0.39, 0.29) is 11.1 Å². The Hall–Kier alpha value is -4.14. The lowest BCUT2D eigenvalue weighted by atomic mass is 9.97. The molecule has 0 aliphatic carbocycles. The van der Waals surface area contributed by atoms with Gasteiger partial charge in [-0.05, 0) is 91.6 Å². The summed E-state index contributed by atoms with van der Waals surface area (Å²) in [6.45, 7) is 17.1. The molecule has 0 N–H and O–H groups in total. The average molecular weight is 611 g/mol. The normalized spacial score (nSPS) is 10.9. The smallest absolute Gasteiger partial charge is 0.339 e. The maximum absolute atomic E-state index is 13.4. The van der Waals surface area contributed by atoms with Crippen molar-refractivity contribution in [3.8, 4) is 41.8 Å². The van der Waals surface area contributed by atoms with E-state index in [1.165, 1.54) is 38.5 Å². The van der Waals surface area contributed by atoms with Crippen LogP contribution in [0.5, 0.6) is 5.75 Å². The maximum Gasteiger partial charge on any atom is 0.339 e. The number of terminal acetylenes is 1. The van der Waals surface area contributed by atoms with Crippen LogP contribution in [0.15, 0.2) is 24.3 Å². The largest absolute Gasteiger partial charge is 0.492 e. The van der Waals surface area contributed by atoms with Gasteiger partial charge in [0.15, 0.2) is 0 Å². The van der Waals surface area contributed by atoms with Crippen LogP contribution in [0, 0.1) is 42.9 Å². The number of carbonyl (C=O) groups is 2. The summed E-state index contributed by atoms with van der Waals surface area (Å²) in [6, 6.07) is 6.85. The molecule has 0 unspecified atom stereocenters. The summed E-state index contributed by atoms with van der Waals surface area (Å²) in [6.07, 6.45) is 15.4. The predicted octanol–water partition coefficient (Wildman–Crippen LogP) is 9.18. The molecule has 240 valence electrons. The van der Waals surface area contributed by atoms with Crippen LogP contribution < -0.4 is 4.74 Å². The van der Waals surface area contributed by atoms with Gasteiger partial charge in [-0.3, -0.25) is 0 Å². The first-order valence-corrected chi connectivity index (χ1v) is 16.0. The molecule has 0 heterocycles. The van der Waals surface area contributed by atoms with Gasteiger partial charge in [0.2, 0.25) is 0 Å². The Kier molecular flexibility index (Phi) is 14.3. The van der Waals surface area contributed by atoms with E-state index in [1.54, 1.807) is 60.6 Å². The van der Waals surface area contributed by atoms with Crippen molar-refractivity contribution in [3.63, 3.8) is 0 Å². The van der Waals surface area contributed by atoms with Gasteiger partial charge in [0.25, 0.3) is 0 Å². The Morgan fingerprint density at radius 2 is 1.18 bits per heavy atom. The third-order valence-electron chi connectivity index (χ3n) is 6.72. The number of benzene rings is 2. The molecule has 0 spiro atoms. The quantitative estimate of drug-likeness (QED) is 0.136. The summed E-state index contributed by atoms with van der Waals surface area (Å²) < 4.78 is 17.6. The Balaban J connectivity index is 2.52. The molecule has 0 aliphatic rings. The van der Waals surface area contributed by atoms with E-state index in [9.17, 15) is 9.59 Å². The number of esters is 2. The van der Waals surface area contributed by atoms with Gasteiger partial charge in [-0.2, -0.15) is 0 Å². The standard InChI is InChI=1S/C40H50O5/c1-11-14-15-16-17-18-19-20-24-43-36-28-30(13-3)29(4)25-33(36)23-22-32-27-34(37(41)44-39(5,6)7)31(21-12-2)26-35(32)38(42)45-40(8,9)10/h3,25-28H,11,14-20,24H2,1-2,4-10H3. The van der Waals surface area contributed by atoms with E-state index >= 15 is 0 Å². The molecule has 2 rings (SSSR count). The summed E-state index contributed by atoms with van der Waals surface area (Å²) in [5.41, 5.74) is 1.91. The monoisotopic (exact) mass is 610 g/mol.